The number of aliphatic hydroxyl groups excluding tert-OH is 1. The molecule has 0 spiro atoms. The summed E-state index contributed by atoms with van der Waals surface area (Å²) in [6.45, 7) is 4.90. The van der Waals surface area contributed by atoms with E-state index in [4.69, 9.17) is 14.2 Å². The molecule has 2 aromatic rings. The maximum absolute atomic E-state index is 13.8. The van der Waals surface area contributed by atoms with E-state index in [1.54, 1.807) is 6.92 Å². The molecular weight excluding hydrogens is 610 g/mol. The summed E-state index contributed by atoms with van der Waals surface area (Å²) < 4.78 is 17.5. The van der Waals surface area contributed by atoms with E-state index in [9.17, 15) is 39.6 Å². The first-order chi connectivity index (χ1) is 22.3. The molecule has 2 aromatic carbocycles. The van der Waals surface area contributed by atoms with Gasteiger partial charge >= 0.3 is 0 Å². The molecule has 0 bridgehead atoms. The third-order valence-electron chi connectivity index (χ3n) is 9.61. The van der Waals surface area contributed by atoms with Gasteiger partial charge in [-0.3, -0.25) is 19.2 Å². The number of carbonyl (C=O) groups excluding carboxylic acids is 4. The number of phenols is 2. The highest BCUT2D eigenvalue weighted by atomic mass is 16.7. The van der Waals surface area contributed by atoms with Gasteiger partial charge in [-0.15, -0.1) is 0 Å². The Bertz CT molecular complexity index is 1590. The van der Waals surface area contributed by atoms with Gasteiger partial charge in [0.1, 0.15) is 29.0 Å². The van der Waals surface area contributed by atoms with E-state index in [0.29, 0.717) is 12.8 Å². The second-order valence-electron chi connectivity index (χ2n) is 12.8. The molecule has 1 fully saturated rings. The summed E-state index contributed by atoms with van der Waals surface area (Å²) in [6, 6.07) is 3.69. The lowest BCUT2D eigenvalue weighted by Crippen LogP contribution is -2.55. The Morgan fingerprint density at radius 3 is 2.43 bits per heavy atom. The van der Waals surface area contributed by atoms with Crippen molar-refractivity contribution >= 4 is 23.3 Å². The average molecular weight is 654 g/mol. The Morgan fingerprint density at radius 2 is 1.74 bits per heavy atom. The van der Waals surface area contributed by atoms with Crippen LogP contribution in [-0.2, 0) is 25.5 Å². The SMILES string of the molecule is CCCCCCCC(=O)N[C@H]1C[C@H](O[C@H]2C[C@](O)(C(C)=O)Cc3c(O)c4c(c(O)c32)C(=O)c2c(OC)cccc2C4=O)O[C@@H](C)[C@H]1O. The number of aliphatic hydroxyl groups is 2. The van der Waals surface area contributed by atoms with Gasteiger partial charge in [-0.05, 0) is 26.3 Å². The highest BCUT2D eigenvalue weighted by molar-refractivity contribution is 6.31. The van der Waals surface area contributed by atoms with Crippen LogP contribution in [0.15, 0.2) is 18.2 Å². The number of ether oxygens (including phenoxy) is 3. The summed E-state index contributed by atoms with van der Waals surface area (Å²) in [5.74, 6) is -3.51. The van der Waals surface area contributed by atoms with Crippen molar-refractivity contribution in [3.63, 3.8) is 0 Å². The number of ketones is 3. The van der Waals surface area contributed by atoms with Gasteiger partial charge in [0.2, 0.25) is 11.7 Å². The molecular formula is C35H43NO11. The zero-order chi connectivity index (χ0) is 34.2. The van der Waals surface area contributed by atoms with Crippen LogP contribution in [0.1, 0.15) is 121 Å². The molecule has 3 aliphatic rings. The van der Waals surface area contributed by atoms with E-state index in [2.05, 4.69) is 12.2 Å². The summed E-state index contributed by atoms with van der Waals surface area (Å²) in [7, 11) is 1.34. The van der Waals surface area contributed by atoms with Gasteiger partial charge in [0, 0.05) is 42.4 Å². The van der Waals surface area contributed by atoms with E-state index < -0.39 is 82.6 Å². The number of nitrogens with one attached hydrogen (secondary N) is 1. The first-order valence-corrected chi connectivity index (χ1v) is 16.2. The van der Waals surface area contributed by atoms with Gasteiger partial charge in [-0.1, -0.05) is 44.7 Å². The lowest BCUT2D eigenvalue weighted by Gasteiger charge is -2.42. The first kappa shape index (κ1) is 34.5. The quantitative estimate of drug-likeness (QED) is 0.150. The number of carbonyl (C=O) groups is 4. The number of benzene rings is 2. The monoisotopic (exact) mass is 653 g/mol. The van der Waals surface area contributed by atoms with Crippen molar-refractivity contribution in [2.45, 2.75) is 115 Å². The number of hydrogen-bond acceptors (Lipinski definition) is 11. The lowest BCUT2D eigenvalue weighted by molar-refractivity contribution is -0.249. The molecule has 1 amide bonds. The summed E-state index contributed by atoms with van der Waals surface area (Å²) in [4.78, 5) is 52.9. The number of Topliss-reactive ketones (excluding diaryl/α,β-unsaturated/α-hetero) is 1. The van der Waals surface area contributed by atoms with Gasteiger partial charge in [0.25, 0.3) is 0 Å². The molecule has 5 rings (SSSR count). The van der Waals surface area contributed by atoms with Crippen LogP contribution in [0.25, 0.3) is 0 Å². The Hall–Kier alpha value is -3.84. The summed E-state index contributed by atoms with van der Waals surface area (Å²) in [5, 5.41) is 48.3. The van der Waals surface area contributed by atoms with Crippen LogP contribution in [0.4, 0.5) is 0 Å². The molecule has 0 unspecified atom stereocenters. The molecule has 1 heterocycles. The molecule has 0 aromatic heterocycles. The largest absolute Gasteiger partial charge is 0.507 e. The highest BCUT2D eigenvalue weighted by Crippen LogP contribution is 2.52. The van der Waals surface area contributed by atoms with Crippen molar-refractivity contribution < 1.29 is 53.8 Å². The number of fused-ring (bicyclic) bond motifs is 3. The van der Waals surface area contributed by atoms with Crippen molar-refractivity contribution in [3.05, 3.63) is 51.6 Å². The third-order valence-corrected chi connectivity index (χ3v) is 9.61. The van der Waals surface area contributed by atoms with E-state index in [1.165, 1.54) is 32.2 Å². The predicted molar refractivity (Wildman–Crippen MR) is 168 cm³/mol. The fraction of sp³-hybridized carbons (Fsp3) is 0.543. The molecule has 6 atom stereocenters. The van der Waals surface area contributed by atoms with Gasteiger partial charge in [-0.25, -0.2) is 0 Å². The Morgan fingerprint density at radius 1 is 1.04 bits per heavy atom. The van der Waals surface area contributed by atoms with Crippen molar-refractivity contribution in [2.75, 3.05) is 7.11 Å². The van der Waals surface area contributed by atoms with Crippen molar-refractivity contribution in [2.24, 2.45) is 0 Å². The number of unbranched alkanes of at least 4 members (excludes halogenated alkanes) is 4. The predicted octanol–water partition coefficient (Wildman–Crippen LogP) is 3.55. The number of aromatic hydroxyl groups is 2. The Balaban J connectivity index is 1.48. The van der Waals surface area contributed by atoms with Gasteiger partial charge in [0.15, 0.2) is 17.9 Å². The van der Waals surface area contributed by atoms with Crippen molar-refractivity contribution in [3.8, 4) is 17.2 Å². The summed E-state index contributed by atoms with van der Waals surface area (Å²) in [5.41, 5.74) is -3.22. The van der Waals surface area contributed by atoms with Crippen LogP contribution in [0, 0.1) is 0 Å². The van der Waals surface area contributed by atoms with Gasteiger partial charge < -0.3 is 40.0 Å². The molecule has 254 valence electrons. The Labute approximate surface area is 273 Å². The average Bonchev–Trinajstić information content (AvgIpc) is 3.03. The second kappa shape index (κ2) is 13.7. The molecule has 1 saturated heterocycles. The molecule has 12 heteroatoms. The molecule has 1 aliphatic heterocycles. The van der Waals surface area contributed by atoms with Crippen LogP contribution in [0.2, 0.25) is 0 Å². The lowest BCUT2D eigenvalue weighted by atomic mass is 9.72. The molecule has 0 radical (unpaired) electrons. The van der Waals surface area contributed by atoms with Crippen molar-refractivity contribution in [1.82, 2.24) is 5.32 Å². The minimum Gasteiger partial charge on any atom is -0.507 e. The van der Waals surface area contributed by atoms with Crippen molar-refractivity contribution in [1.29, 1.82) is 0 Å². The third kappa shape index (κ3) is 6.39. The molecule has 47 heavy (non-hydrogen) atoms. The topological polar surface area (TPSA) is 189 Å². The van der Waals surface area contributed by atoms with E-state index in [1.807, 2.05) is 0 Å². The summed E-state index contributed by atoms with van der Waals surface area (Å²) in [6.07, 6.45) is 0.126. The van der Waals surface area contributed by atoms with Crippen LogP contribution in [0.5, 0.6) is 17.2 Å². The molecule has 2 aliphatic carbocycles. The number of methoxy groups -OCH3 is 1. The van der Waals surface area contributed by atoms with E-state index in [-0.39, 0.29) is 46.8 Å². The number of phenolic OH excluding ortho intramolecular Hbond substituents is 2. The van der Waals surface area contributed by atoms with E-state index in [0.717, 1.165) is 25.7 Å². The fourth-order valence-corrected chi connectivity index (χ4v) is 6.94. The smallest absolute Gasteiger partial charge is 0.220 e. The fourth-order valence-electron chi connectivity index (χ4n) is 6.94. The number of rotatable bonds is 11. The van der Waals surface area contributed by atoms with E-state index >= 15 is 0 Å². The number of amides is 1. The second-order valence-corrected chi connectivity index (χ2v) is 12.8. The normalized spacial score (nSPS) is 26.6. The van der Waals surface area contributed by atoms with Crippen LogP contribution >= 0.6 is 0 Å². The number of hydrogen-bond donors (Lipinski definition) is 5. The zero-order valence-electron chi connectivity index (χ0n) is 27.1. The first-order valence-electron chi connectivity index (χ1n) is 16.2. The molecule has 5 N–H and O–H groups in total. The minimum absolute atomic E-state index is 0.00289. The molecule has 12 nitrogen and oxygen atoms in total. The molecule has 0 saturated carbocycles. The van der Waals surface area contributed by atoms with Crippen LogP contribution in [0.3, 0.4) is 0 Å². The van der Waals surface area contributed by atoms with Crippen LogP contribution in [-0.4, -0.2) is 80.9 Å². The Kier molecular flexibility index (Phi) is 10.1. The van der Waals surface area contributed by atoms with Gasteiger partial charge in [-0.2, -0.15) is 0 Å². The minimum atomic E-state index is -2.05. The highest BCUT2D eigenvalue weighted by Gasteiger charge is 2.49. The zero-order valence-corrected chi connectivity index (χ0v) is 27.1. The summed E-state index contributed by atoms with van der Waals surface area (Å²) >= 11 is 0. The van der Waals surface area contributed by atoms with Gasteiger partial charge in [0.05, 0.1) is 42.0 Å². The van der Waals surface area contributed by atoms with Crippen LogP contribution < -0.4 is 10.1 Å². The standard InChI is InChI=1S/C35H43NO11/c1-5-6-7-8-9-13-24(38)36-21-14-25(46-17(2)30(21)39)47-23-16-35(44,18(3)37)15-20-27(23)34(43)29-28(32(20)41)31(40)19-11-10-12-22(45-4)26(19)33(29)42/h10-12,17,21,23,25,30,39,41,43-44H,5-9,13-16H2,1-4H3,(H,36,38)/t17-,21-,23-,25-,30+,35-/m0/s1. The maximum Gasteiger partial charge on any atom is 0.220 e. The maximum atomic E-state index is 13.8.